The molecule has 0 N–H and O–H groups in total. The molecule has 2 rings (SSSR count). The standard InChI is InChI=1S/C18H21ClN2O4S/c1-3-25-18(23)15-12-26-16(20-15)11-21(8-5-9-24-2)17(22)13-6-4-7-14(19)10-13/h4,6-7,10,12H,3,5,8-9,11H2,1-2H3. The fraction of sp³-hybridized carbons (Fsp3) is 0.389. The van der Waals surface area contributed by atoms with E-state index in [1.54, 1.807) is 48.6 Å². The minimum absolute atomic E-state index is 0.142. The lowest BCUT2D eigenvalue weighted by Gasteiger charge is -2.21. The number of hydrogen-bond donors (Lipinski definition) is 0. The molecule has 1 heterocycles. The highest BCUT2D eigenvalue weighted by Crippen LogP contribution is 2.17. The van der Waals surface area contributed by atoms with Crippen molar-refractivity contribution in [3.63, 3.8) is 0 Å². The highest BCUT2D eigenvalue weighted by molar-refractivity contribution is 7.09. The molecule has 0 bridgehead atoms. The SMILES string of the molecule is CCOC(=O)c1csc(CN(CCCOC)C(=O)c2cccc(Cl)c2)n1. The maximum atomic E-state index is 12.9. The first-order chi connectivity index (χ1) is 12.5. The van der Waals surface area contributed by atoms with Crippen molar-refractivity contribution in [3.05, 3.63) is 50.9 Å². The van der Waals surface area contributed by atoms with Gasteiger partial charge in [-0.05, 0) is 31.5 Å². The number of methoxy groups -OCH3 is 1. The van der Waals surface area contributed by atoms with Crippen molar-refractivity contribution < 1.29 is 19.1 Å². The number of thiazole rings is 1. The fourth-order valence-electron chi connectivity index (χ4n) is 2.30. The summed E-state index contributed by atoms with van der Waals surface area (Å²) in [6.45, 7) is 3.40. The van der Waals surface area contributed by atoms with Crippen LogP contribution < -0.4 is 0 Å². The van der Waals surface area contributed by atoms with Crippen LogP contribution in [0.5, 0.6) is 0 Å². The molecule has 8 heteroatoms. The Kier molecular flexibility index (Phi) is 8.03. The molecule has 26 heavy (non-hydrogen) atoms. The number of benzene rings is 1. The largest absolute Gasteiger partial charge is 0.461 e. The molecule has 6 nitrogen and oxygen atoms in total. The Morgan fingerprint density at radius 1 is 1.35 bits per heavy atom. The van der Waals surface area contributed by atoms with Gasteiger partial charge in [0.15, 0.2) is 5.69 Å². The zero-order valence-corrected chi connectivity index (χ0v) is 16.3. The first-order valence-electron chi connectivity index (χ1n) is 8.20. The van der Waals surface area contributed by atoms with E-state index in [9.17, 15) is 9.59 Å². The van der Waals surface area contributed by atoms with Gasteiger partial charge in [0.2, 0.25) is 0 Å². The predicted octanol–water partition coefficient (Wildman–Crippen LogP) is 3.65. The topological polar surface area (TPSA) is 68.7 Å². The molecular weight excluding hydrogens is 376 g/mol. The molecule has 0 spiro atoms. The lowest BCUT2D eigenvalue weighted by molar-refractivity contribution is 0.0520. The van der Waals surface area contributed by atoms with Gasteiger partial charge in [0.25, 0.3) is 5.91 Å². The maximum Gasteiger partial charge on any atom is 0.357 e. The van der Waals surface area contributed by atoms with Crippen molar-refractivity contribution in [3.8, 4) is 0 Å². The molecule has 0 aliphatic rings. The summed E-state index contributed by atoms with van der Waals surface area (Å²) in [4.78, 5) is 30.6. The van der Waals surface area contributed by atoms with Crippen LogP contribution in [0.2, 0.25) is 5.02 Å². The van der Waals surface area contributed by atoms with Crippen molar-refractivity contribution in [2.45, 2.75) is 19.9 Å². The first kappa shape index (κ1) is 20.4. The van der Waals surface area contributed by atoms with E-state index in [2.05, 4.69) is 4.98 Å². The van der Waals surface area contributed by atoms with Gasteiger partial charge >= 0.3 is 5.97 Å². The number of carbonyl (C=O) groups excluding carboxylic acids is 2. The second-order valence-electron chi connectivity index (χ2n) is 5.43. The van der Waals surface area contributed by atoms with Crippen molar-refractivity contribution >= 4 is 34.8 Å². The van der Waals surface area contributed by atoms with Gasteiger partial charge in [-0.3, -0.25) is 4.79 Å². The fourth-order valence-corrected chi connectivity index (χ4v) is 3.27. The maximum absolute atomic E-state index is 12.9. The smallest absolute Gasteiger partial charge is 0.357 e. The second-order valence-corrected chi connectivity index (χ2v) is 6.81. The molecule has 0 radical (unpaired) electrons. The number of ether oxygens (including phenoxy) is 2. The Labute approximate surface area is 161 Å². The first-order valence-corrected chi connectivity index (χ1v) is 9.46. The summed E-state index contributed by atoms with van der Waals surface area (Å²) in [6, 6.07) is 6.83. The van der Waals surface area contributed by atoms with Crippen LogP contribution in [0.4, 0.5) is 0 Å². The summed E-state index contributed by atoms with van der Waals surface area (Å²) in [7, 11) is 1.62. The number of esters is 1. The number of amides is 1. The lowest BCUT2D eigenvalue weighted by Crippen LogP contribution is -2.32. The molecule has 2 aromatic rings. The molecule has 1 amide bonds. The molecule has 1 aromatic heterocycles. The van der Waals surface area contributed by atoms with Gasteiger partial charge in [-0.15, -0.1) is 11.3 Å². The van der Waals surface area contributed by atoms with E-state index in [0.29, 0.717) is 48.3 Å². The van der Waals surface area contributed by atoms with Crippen molar-refractivity contribution in [1.82, 2.24) is 9.88 Å². The molecule has 0 saturated carbocycles. The summed E-state index contributed by atoms with van der Waals surface area (Å²) >= 11 is 7.32. The van der Waals surface area contributed by atoms with Crippen LogP contribution in [-0.2, 0) is 16.0 Å². The van der Waals surface area contributed by atoms with E-state index < -0.39 is 5.97 Å². The van der Waals surface area contributed by atoms with E-state index in [0.717, 1.165) is 0 Å². The third kappa shape index (κ3) is 5.79. The van der Waals surface area contributed by atoms with E-state index >= 15 is 0 Å². The molecule has 0 unspecified atom stereocenters. The summed E-state index contributed by atoms with van der Waals surface area (Å²) in [5, 5.41) is 2.82. The molecule has 0 fully saturated rings. The van der Waals surface area contributed by atoms with Crippen LogP contribution >= 0.6 is 22.9 Å². The van der Waals surface area contributed by atoms with Crippen LogP contribution in [0.15, 0.2) is 29.6 Å². The van der Waals surface area contributed by atoms with Crippen molar-refractivity contribution in [2.75, 3.05) is 26.9 Å². The van der Waals surface area contributed by atoms with Crippen LogP contribution in [-0.4, -0.2) is 48.6 Å². The Morgan fingerprint density at radius 2 is 2.15 bits per heavy atom. The average molecular weight is 397 g/mol. The summed E-state index contributed by atoms with van der Waals surface area (Å²) in [6.07, 6.45) is 0.693. The van der Waals surface area contributed by atoms with Crippen molar-refractivity contribution in [1.29, 1.82) is 0 Å². The van der Waals surface area contributed by atoms with Crippen molar-refractivity contribution in [2.24, 2.45) is 0 Å². The molecule has 140 valence electrons. The number of rotatable bonds is 9. The summed E-state index contributed by atoms with van der Waals surface area (Å²) < 4.78 is 10.0. The average Bonchev–Trinajstić information content (AvgIpc) is 3.09. The van der Waals surface area contributed by atoms with Gasteiger partial charge in [0, 0.05) is 36.2 Å². The van der Waals surface area contributed by atoms with Gasteiger partial charge in [0.1, 0.15) is 5.01 Å². The number of nitrogens with zero attached hydrogens (tertiary/aromatic N) is 2. The van der Waals surface area contributed by atoms with E-state index in [1.165, 1.54) is 11.3 Å². The Hall–Kier alpha value is -1.96. The normalized spacial score (nSPS) is 10.6. The number of aromatic nitrogens is 1. The minimum atomic E-state index is -0.456. The number of halogens is 1. The molecule has 1 aromatic carbocycles. The third-order valence-corrected chi connectivity index (χ3v) is 4.57. The number of hydrogen-bond acceptors (Lipinski definition) is 6. The third-order valence-electron chi connectivity index (χ3n) is 3.50. The second kappa shape index (κ2) is 10.3. The Bertz CT molecular complexity index is 750. The van der Waals surface area contributed by atoms with E-state index in [-0.39, 0.29) is 11.6 Å². The highest BCUT2D eigenvalue weighted by atomic mass is 35.5. The summed E-state index contributed by atoms with van der Waals surface area (Å²) in [5.41, 5.74) is 0.774. The molecule has 0 saturated heterocycles. The lowest BCUT2D eigenvalue weighted by atomic mass is 10.2. The molecular formula is C18H21ClN2O4S. The van der Waals surface area contributed by atoms with E-state index in [4.69, 9.17) is 21.1 Å². The molecule has 0 atom stereocenters. The van der Waals surface area contributed by atoms with Crippen LogP contribution in [0.3, 0.4) is 0 Å². The predicted molar refractivity (Wildman–Crippen MR) is 101 cm³/mol. The number of carbonyl (C=O) groups is 2. The molecule has 0 aliphatic carbocycles. The quantitative estimate of drug-likeness (QED) is 0.478. The minimum Gasteiger partial charge on any atom is -0.461 e. The van der Waals surface area contributed by atoms with E-state index in [1.807, 2.05) is 0 Å². The summed E-state index contributed by atoms with van der Waals surface area (Å²) in [5.74, 6) is -0.599. The zero-order valence-electron chi connectivity index (χ0n) is 14.7. The van der Waals surface area contributed by atoms with Gasteiger partial charge in [-0.1, -0.05) is 17.7 Å². The van der Waals surface area contributed by atoms with Crippen LogP contribution in [0, 0.1) is 0 Å². The zero-order chi connectivity index (χ0) is 18.9. The monoisotopic (exact) mass is 396 g/mol. The Morgan fingerprint density at radius 3 is 2.85 bits per heavy atom. The van der Waals surface area contributed by atoms with Gasteiger partial charge in [0.05, 0.1) is 13.2 Å². The van der Waals surface area contributed by atoms with Gasteiger partial charge < -0.3 is 14.4 Å². The van der Waals surface area contributed by atoms with Crippen LogP contribution in [0.25, 0.3) is 0 Å². The Balaban J connectivity index is 2.14. The van der Waals surface area contributed by atoms with Gasteiger partial charge in [-0.25, -0.2) is 9.78 Å². The van der Waals surface area contributed by atoms with Crippen LogP contribution in [0.1, 0.15) is 39.2 Å². The molecule has 0 aliphatic heterocycles. The van der Waals surface area contributed by atoms with Gasteiger partial charge in [-0.2, -0.15) is 0 Å². The highest BCUT2D eigenvalue weighted by Gasteiger charge is 2.19.